The number of ether oxygens (including phenoxy) is 3. The van der Waals surface area contributed by atoms with E-state index in [0.29, 0.717) is 29.5 Å². The van der Waals surface area contributed by atoms with Crippen LogP contribution in [0.15, 0.2) is 30.5 Å². The summed E-state index contributed by atoms with van der Waals surface area (Å²) in [5.41, 5.74) is 0.352. The van der Waals surface area contributed by atoms with Gasteiger partial charge in [-0.1, -0.05) is 6.07 Å². The molecule has 0 aliphatic rings. The Kier molecular flexibility index (Phi) is 7.28. The number of carbonyl (C=O) groups is 1. The molecule has 0 saturated carbocycles. The summed E-state index contributed by atoms with van der Waals surface area (Å²) < 4.78 is 17.9. The fourth-order valence-corrected chi connectivity index (χ4v) is 2.33. The largest absolute Gasteiger partial charge is 0.493 e. The molecule has 1 aromatic carbocycles. The van der Waals surface area contributed by atoms with Gasteiger partial charge in [0.2, 0.25) is 5.75 Å². The molecule has 0 saturated heterocycles. The minimum Gasteiger partial charge on any atom is -0.493 e. The highest BCUT2D eigenvalue weighted by molar-refractivity contribution is 5.92. The Balaban J connectivity index is 1.92. The SMILES string of the molecule is COc1cccc(OC)c1OCn1ccc(C(=O)NCCCN(C)C)n1. The van der Waals surface area contributed by atoms with Crippen molar-refractivity contribution in [2.45, 2.75) is 13.2 Å². The van der Waals surface area contributed by atoms with Gasteiger partial charge >= 0.3 is 0 Å². The molecule has 0 fully saturated rings. The average molecular weight is 362 g/mol. The van der Waals surface area contributed by atoms with Crippen LogP contribution in [0, 0.1) is 0 Å². The second-order valence-electron chi connectivity index (χ2n) is 5.92. The normalized spacial score (nSPS) is 10.7. The number of amides is 1. The fourth-order valence-electron chi connectivity index (χ4n) is 2.33. The Bertz CT molecular complexity index is 693. The number of nitrogens with zero attached hydrogens (tertiary/aromatic N) is 3. The molecule has 0 atom stereocenters. The van der Waals surface area contributed by atoms with Crippen LogP contribution < -0.4 is 19.5 Å². The van der Waals surface area contributed by atoms with E-state index >= 15 is 0 Å². The molecule has 0 radical (unpaired) electrons. The molecule has 26 heavy (non-hydrogen) atoms. The van der Waals surface area contributed by atoms with Gasteiger partial charge in [0, 0.05) is 12.7 Å². The molecule has 1 heterocycles. The minimum absolute atomic E-state index is 0.130. The quantitative estimate of drug-likeness (QED) is 0.647. The molecule has 8 heteroatoms. The van der Waals surface area contributed by atoms with E-state index in [2.05, 4.69) is 15.3 Å². The van der Waals surface area contributed by atoms with Crippen LogP contribution in [-0.2, 0) is 6.73 Å². The van der Waals surface area contributed by atoms with Gasteiger partial charge in [0.1, 0.15) is 5.69 Å². The number of methoxy groups -OCH3 is 2. The lowest BCUT2D eigenvalue weighted by atomic mass is 10.3. The van der Waals surface area contributed by atoms with Crippen molar-refractivity contribution in [1.29, 1.82) is 0 Å². The number of carbonyl (C=O) groups excluding carboxylic acids is 1. The smallest absolute Gasteiger partial charge is 0.271 e. The summed E-state index contributed by atoms with van der Waals surface area (Å²) in [5, 5.41) is 7.09. The zero-order chi connectivity index (χ0) is 18.9. The topological polar surface area (TPSA) is 77.9 Å². The van der Waals surface area contributed by atoms with Crippen molar-refractivity contribution in [3.8, 4) is 17.2 Å². The van der Waals surface area contributed by atoms with E-state index in [1.807, 2.05) is 20.2 Å². The average Bonchev–Trinajstić information content (AvgIpc) is 3.11. The van der Waals surface area contributed by atoms with Gasteiger partial charge in [-0.3, -0.25) is 4.79 Å². The van der Waals surface area contributed by atoms with Crippen LogP contribution in [0.25, 0.3) is 0 Å². The summed E-state index contributed by atoms with van der Waals surface area (Å²) in [6, 6.07) is 7.04. The Morgan fingerprint density at radius 2 is 1.88 bits per heavy atom. The first-order chi connectivity index (χ1) is 12.5. The zero-order valence-electron chi connectivity index (χ0n) is 15.7. The van der Waals surface area contributed by atoms with Crippen molar-refractivity contribution < 1.29 is 19.0 Å². The number of hydrogen-bond acceptors (Lipinski definition) is 6. The van der Waals surface area contributed by atoms with Gasteiger partial charge in [0.05, 0.1) is 14.2 Å². The van der Waals surface area contributed by atoms with Crippen molar-refractivity contribution in [3.05, 3.63) is 36.2 Å². The highest BCUT2D eigenvalue weighted by atomic mass is 16.5. The Morgan fingerprint density at radius 3 is 2.50 bits per heavy atom. The molecule has 2 aromatic rings. The summed E-state index contributed by atoms with van der Waals surface area (Å²) in [6.45, 7) is 1.66. The van der Waals surface area contributed by atoms with Gasteiger partial charge in [-0.25, -0.2) is 4.68 Å². The number of aromatic nitrogens is 2. The number of hydrogen-bond donors (Lipinski definition) is 1. The third-order valence-corrected chi connectivity index (χ3v) is 3.66. The van der Waals surface area contributed by atoms with Crippen molar-refractivity contribution in [2.75, 3.05) is 41.4 Å². The highest BCUT2D eigenvalue weighted by Crippen LogP contribution is 2.36. The maximum Gasteiger partial charge on any atom is 0.271 e. The highest BCUT2D eigenvalue weighted by Gasteiger charge is 2.13. The van der Waals surface area contributed by atoms with Crippen LogP contribution in [0.5, 0.6) is 17.2 Å². The lowest BCUT2D eigenvalue weighted by Gasteiger charge is -2.13. The first-order valence-corrected chi connectivity index (χ1v) is 8.35. The molecule has 0 aliphatic carbocycles. The maximum absolute atomic E-state index is 12.1. The van der Waals surface area contributed by atoms with E-state index in [4.69, 9.17) is 14.2 Å². The van der Waals surface area contributed by atoms with E-state index in [0.717, 1.165) is 13.0 Å². The van der Waals surface area contributed by atoms with Gasteiger partial charge in [0.25, 0.3) is 5.91 Å². The molecule has 0 spiro atoms. The van der Waals surface area contributed by atoms with Crippen molar-refractivity contribution >= 4 is 5.91 Å². The molecule has 142 valence electrons. The fraction of sp³-hybridized carbons (Fsp3) is 0.444. The monoisotopic (exact) mass is 362 g/mol. The number of benzene rings is 1. The van der Waals surface area contributed by atoms with Crippen molar-refractivity contribution in [1.82, 2.24) is 20.0 Å². The zero-order valence-corrected chi connectivity index (χ0v) is 15.7. The van der Waals surface area contributed by atoms with Crippen LogP contribution in [0.4, 0.5) is 0 Å². The molecule has 0 aliphatic heterocycles. The molecule has 1 N–H and O–H groups in total. The molecule has 0 bridgehead atoms. The molecule has 1 aromatic heterocycles. The molecule has 0 unspecified atom stereocenters. The predicted octanol–water partition coefficient (Wildman–Crippen LogP) is 1.62. The van der Waals surface area contributed by atoms with Gasteiger partial charge in [0.15, 0.2) is 18.2 Å². The van der Waals surface area contributed by atoms with Gasteiger partial charge < -0.3 is 24.4 Å². The van der Waals surface area contributed by atoms with E-state index in [9.17, 15) is 4.79 Å². The molecular formula is C18H26N4O4. The van der Waals surface area contributed by atoms with Gasteiger partial charge in [-0.15, -0.1) is 0 Å². The van der Waals surface area contributed by atoms with Crippen LogP contribution >= 0.6 is 0 Å². The lowest BCUT2D eigenvalue weighted by Crippen LogP contribution is -2.27. The predicted molar refractivity (Wildman–Crippen MR) is 97.9 cm³/mol. The van der Waals surface area contributed by atoms with Crippen LogP contribution in [0.2, 0.25) is 0 Å². The second-order valence-corrected chi connectivity index (χ2v) is 5.92. The van der Waals surface area contributed by atoms with E-state index in [-0.39, 0.29) is 12.6 Å². The molecular weight excluding hydrogens is 336 g/mol. The third-order valence-electron chi connectivity index (χ3n) is 3.66. The maximum atomic E-state index is 12.1. The molecule has 1 amide bonds. The summed E-state index contributed by atoms with van der Waals surface area (Å²) in [5.74, 6) is 1.42. The van der Waals surface area contributed by atoms with Crippen molar-refractivity contribution in [2.24, 2.45) is 0 Å². The van der Waals surface area contributed by atoms with Gasteiger partial charge in [-0.05, 0) is 45.3 Å². The molecule has 8 nitrogen and oxygen atoms in total. The lowest BCUT2D eigenvalue weighted by molar-refractivity contribution is 0.0945. The minimum atomic E-state index is -0.197. The third kappa shape index (κ3) is 5.38. The van der Waals surface area contributed by atoms with E-state index in [1.54, 1.807) is 43.3 Å². The molecule has 2 rings (SSSR count). The van der Waals surface area contributed by atoms with Crippen LogP contribution in [-0.4, -0.2) is 62.0 Å². The van der Waals surface area contributed by atoms with E-state index in [1.165, 1.54) is 0 Å². The van der Waals surface area contributed by atoms with Crippen LogP contribution in [0.1, 0.15) is 16.9 Å². The summed E-state index contributed by atoms with van der Waals surface area (Å²) in [4.78, 5) is 14.2. The summed E-state index contributed by atoms with van der Waals surface area (Å²) in [6.07, 6.45) is 2.58. The standard InChI is InChI=1S/C18H26N4O4/c1-21(2)11-6-10-19-18(23)14-9-12-22(20-14)13-26-17-15(24-3)7-5-8-16(17)25-4/h5,7-9,12H,6,10-11,13H2,1-4H3,(H,19,23). The second kappa shape index (κ2) is 9.67. The van der Waals surface area contributed by atoms with Gasteiger partial charge in [-0.2, -0.15) is 5.10 Å². The summed E-state index contributed by atoms with van der Waals surface area (Å²) in [7, 11) is 7.13. The van der Waals surface area contributed by atoms with Crippen molar-refractivity contribution in [3.63, 3.8) is 0 Å². The van der Waals surface area contributed by atoms with E-state index < -0.39 is 0 Å². The number of nitrogens with one attached hydrogen (secondary N) is 1. The first-order valence-electron chi connectivity index (χ1n) is 8.35. The Labute approximate surface area is 153 Å². The number of para-hydroxylation sites is 1. The Hall–Kier alpha value is -2.74. The van der Waals surface area contributed by atoms with Crippen LogP contribution in [0.3, 0.4) is 0 Å². The first kappa shape index (κ1) is 19.6. The number of rotatable bonds is 10. The Morgan fingerprint density at radius 1 is 1.19 bits per heavy atom. The summed E-state index contributed by atoms with van der Waals surface area (Å²) >= 11 is 0.